The average molecular weight is 388 g/mol. The molecule has 3 aliphatic rings. The second-order valence-electron chi connectivity index (χ2n) is 7.70. The first-order valence-electron chi connectivity index (χ1n) is 9.73. The van der Waals surface area contributed by atoms with Gasteiger partial charge in [0, 0.05) is 12.7 Å². The quantitative estimate of drug-likeness (QED) is 0.622. The molecule has 4 amide bonds. The Kier molecular flexibility index (Phi) is 4.16. The summed E-state index contributed by atoms with van der Waals surface area (Å²) in [6, 6.07) is 12.1. The molecule has 1 aliphatic heterocycles. The van der Waals surface area contributed by atoms with Crippen molar-refractivity contribution in [1.82, 2.24) is 10.3 Å². The Balaban J connectivity index is 1.22. The van der Waals surface area contributed by atoms with Crippen LogP contribution in [0.3, 0.4) is 0 Å². The molecule has 5 rings (SSSR count). The fourth-order valence-electron chi connectivity index (χ4n) is 4.70. The highest BCUT2D eigenvalue weighted by Crippen LogP contribution is 2.53. The number of aromatic nitrogens is 1. The molecule has 29 heavy (non-hydrogen) atoms. The summed E-state index contributed by atoms with van der Waals surface area (Å²) >= 11 is 0. The number of amides is 4. The normalized spacial score (nSPS) is 26.7. The molecule has 7 heteroatoms. The van der Waals surface area contributed by atoms with Crippen LogP contribution in [-0.4, -0.2) is 22.8 Å². The molecule has 7 nitrogen and oxygen atoms in total. The molecule has 4 unspecified atom stereocenters. The second-order valence-corrected chi connectivity index (χ2v) is 7.70. The number of nitrogens with zero attached hydrogens (tertiary/aromatic N) is 2. The predicted octanol–water partition coefficient (Wildman–Crippen LogP) is 2.71. The van der Waals surface area contributed by atoms with E-state index in [1.54, 1.807) is 36.5 Å². The Labute approximate surface area is 167 Å². The van der Waals surface area contributed by atoms with E-state index in [2.05, 4.69) is 27.8 Å². The number of rotatable bonds is 4. The standard InChI is InChI=1S/C22H20N4O3/c27-20-18-14-6-7-15(11-14)19(18)21(28)26(20)16-8-4-13(5-9-16)12-24-22(29)25-17-3-1-2-10-23-17/h1-10,14-15,18-19H,11-12H2,(H2,23,24,25,29). The molecule has 1 aromatic heterocycles. The summed E-state index contributed by atoms with van der Waals surface area (Å²) in [7, 11) is 0. The predicted molar refractivity (Wildman–Crippen MR) is 107 cm³/mol. The fourth-order valence-corrected chi connectivity index (χ4v) is 4.70. The van der Waals surface area contributed by atoms with Crippen LogP contribution in [0.4, 0.5) is 16.3 Å². The number of carbonyl (C=O) groups excluding carboxylic acids is 3. The van der Waals surface area contributed by atoms with Crippen molar-refractivity contribution in [2.24, 2.45) is 23.7 Å². The number of fused-ring (bicyclic) bond motifs is 5. The van der Waals surface area contributed by atoms with Crippen molar-refractivity contribution >= 4 is 29.4 Å². The number of benzene rings is 1. The minimum absolute atomic E-state index is 0.0857. The number of hydrogen-bond acceptors (Lipinski definition) is 4. The van der Waals surface area contributed by atoms with Gasteiger partial charge in [0.15, 0.2) is 0 Å². The smallest absolute Gasteiger partial charge is 0.320 e. The SMILES string of the molecule is O=C(NCc1ccc(N2C(=O)C3C4C=CC(C4)C3C2=O)cc1)Nc1ccccn1. The molecule has 1 aromatic carbocycles. The van der Waals surface area contributed by atoms with E-state index >= 15 is 0 Å². The van der Waals surface area contributed by atoms with Gasteiger partial charge in [0.25, 0.3) is 0 Å². The third-order valence-electron chi connectivity index (χ3n) is 6.02. The number of anilines is 2. The number of nitrogens with one attached hydrogen (secondary N) is 2. The Morgan fingerprint density at radius 1 is 1.00 bits per heavy atom. The molecule has 0 spiro atoms. The third-order valence-corrected chi connectivity index (χ3v) is 6.02. The second kappa shape index (κ2) is 6.84. The third kappa shape index (κ3) is 2.99. The summed E-state index contributed by atoms with van der Waals surface area (Å²) in [5, 5.41) is 5.41. The lowest BCUT2D eigenvalue weighted by molar-refractivity contribution is -0.123. The highest BCUT2D eigenvalue weighted by Gasteiger charge is 2.59. The molecule has 2 N–H and O–H groups in total. The Hall–Kier alpha value is -3.48. The van der Waals surface area contributed by atoms with Crippen LogP contribution in [0.2, 0.25) is 0 Å². The molecule has 0 radical (unpaired) electrons. The van der Waals surface area contributed by atoms with Crippen LogP contribution in [0.25, 0.3) is 0 Å². The molecular weight excluding hydrogens is 368 g/mol. The molecule has 2 bridgehead atoms. The van der Waals surface area contributed by atoms with Crippen molar-refractivity contribution in [1.29, 1.82) is 0 Å². The first-order valence-corrected chi connectivity index (χ1v) is 9.73. The number of imide groups is 1. The average Bonchev–Trinajstić information content (AvgIpc) is 3.42. The zero-order valence-corrected chi connectivity index (χ0v) is 15.6. The lowest BCUT2D eigenvalue weighted by Crippen LogP contribution is -2.32. The van der Waals surface area contributed by atoms with Crippen molar-refractivity contribution < 1.29 is 14.4 Å². The van der Waals surface area contributed by atoms with E-state index in [1.165, 1.54) is 4.90 Å². The summed E-state index contributed by atoms with van der Waals surface area (Å²) < 4.78 is 0. The van der Waals surface area contributed by atoms with Gasteiger partial charge in [-0.05, 0) is 48.1 Å². The summed E-state index contributed by atoms with van der Waals surface area (Å²) in [6.45, 7) is 0.320. The van der Waals surface area contributed by atoms with Gasteiger partial charge >= 0.3 is 6.03 Å². The first-order chi connectivity index (χ1) is 14.1. The van der Waals surface area contributed by atoms with Gasteiger partial charge in [-0.2, -0.15) is 0 Å². The molecule has 146 valence electrons. The number of hydrogen-bond donors (Lipinski definition) is 2. The van der Waals surface area contributed by atoms with Crippen LogP contribution in [0, 0.1) is 23.7 Å². The van der Waals surface area contributed by atoms with Crippen LogP contribution < -0.4 is 15.5 Å². The Morgan fingerprint density at radius 2 is 1.69 bits per heavy atom. The molecule has 2 aromatic rings. The summed E-state index contributed by atoms with van der Waals surface area (Å²) in [6.07, 6.45) is 6.70. The van der Waals surface area contributed by atoms with E-state index in [1.807, 2.05) is 12.1 Å². The summed E-state index contributed by atoms with van der Waals surface area (Å²) in [5.41, 5.74) is 1.46. The van der Waals surface area contributed by atoms with Crippen LogP contribution in [0.5, 0.6) is 0 Å². The number of urea groups is 1. The first kappa shape index (κ1) is 17.6. The molecule has 2 aliphatic carbocycles. The van der Waals surface area contributed by atoms with Crippen LogP contribution >= 0.6 is 0 Å². The van der Waals surface area contributed by atoms with E-state index in [-0.39, 0.29) is 41.5 Å². The molecule has 2 heterocycles. The number of pyridine rings is 1. The summed E-state index contributed by atoms with van der Waals surface area (Å²) in [5.74, 6) is 0.304. The molecule has 1 saturated carbocycles. The van der Waals surface area contributed by atoms with Crippen molar-refractivity contribution in [2.45, 2.75) is 13.0 Å². The van der Waals surface area contributed by atoms with Crippen molar-refractivity contribution in [3.8, 4) is 0 Å². The van der Waals surface area contributed by atoms with E-state index in [0.717, 1.165) is 12.0 Å². The topological polar surface area (TPSA) is 91.4 Å². The van der Waals surface area contributed by atoms with Crippen LogP contribution in [-0.2, 0) is 16.1 Å². The maximum Gasteiger partial charge on any atom is 0.320 e. The van der Waals surface area contributed by atoms with Gasteiger partial charge in [-0.15, -0.1) is 0 Å². The molecule has 2 fully saturated rings. The Morgan fingerprint density at radius 3 is 2.31 bits per heavy atom. The van der Waals surface area contributed by atoms with E-state index < -0.39 is 0 Å². The fraction of sp³-hybridized carbons (Fsp3) is 0.273. The lowest BCUT2D eigenvalue weighted by Gasteiger charge is -2.17. The lowest BCUT2D eigenvalue weighted by atomic mass is 9.85. The van der Waals surface area contributed by atoms with Gasteiger partial charge in [-0.3, -0.25) is 19.8 Å². The van der Waals surface area contributed by atoms with Gasteiger partial charge in [-0.1, -0.05) is 30.4 Å². The minimum Gasteiger partial charge on any atom is -0.334 e. The number of carbonyl (C=O) groups is 3. The van der Waals surface area contributed by atoms with Crippen molar-refractivity contribution in [3.05, 3.63) is 66.4 Å². The van der Waals surface area contributed by atoms with Crippen molar-refractivity contribution in [3.63, 3.8) is 0 Å². The van der Waals surface area contributed by atoms with E-state index in [4.69, 9.17) is 0 Å². The number of allylic oxidation sites excluding steroid dienone is 2. The van der Waals surface area contributed by atoms with Gasteiger partial charge in [0.05, 0.1) is 17.5 Å². The molecule has 4 atom stereocenters. The highest BCUT2D eigenvalue weighted by molar-refractivity contribution is 6.22. The monoisotopic (exact) mass is 388 g/mol. The van der Waals surface area contributed by atoms with Gasteiger partial charge in [0.2, 0.25) is 11.8 Å². The van der Waals surface area contributed by atoms with Gasteiger partial charge < -0.3 is 5.32 Å². The maximum absolute atomic E-state index is 12.9. The van der Waals surface area contributed by atoms with Gasteiger partial charge in [0.1, 0.15) is 5.82 Å². The Bertz CT molecular complexity index is 972. The zero-order chi connectivity index (χ0) is 20.0. The van der Waals surface area contributed by atoms with E-state index in [0.29, 0.717) is 18.1 Å². The summed E-state index contributed by atoms with van der Waals surface area (Å²) in [4.78, 5) is 43.1. The minimum atomic E-state index is -0.353. The zero-order valence-electron chi connectivity index (χ0n) is 15.6. The van der Waals surface area contributed by atoms with Gasteiger partial charge in [-0.25, -0.2) is 9.78 Å². The largest absolute Gasteiger partial charge is 0.334 e. The maximum atomic E-state index is 12.9. The molecule has 1 saturated heterocycles. The van der Waals surface area contributed by atoms with Crippen LogP contribution in [0.15, 0.2) is 60.8 Å². The van der Waals surface area contributed by atoms with E-state index in [9.17, 15) is 14.4 Å². The molecular formula is C22H20N4O3. The van der Waals surface area contributed by atoms with Crippen LogP contribution in [0.1, 0.15) is 12.0 Å². The highest BCUT2D eigenvalue weighted by atomic mass is 16.2. The van der Waals surface area contributed by atoms with Crippen molar-refractivity contribution in [2.75, 3.05) is 10.2 Å².